The van der Waals surface area contributed by atoms with Crippen LogP contribution in [0.3, 0.4) is 0 Å². The molecule has 0 aliphatic heterocycles. The molecule has 0 amide bonds. The number of fused-ring (bicyclic) bond motifs is 7. The van der Waals surface area contributed by atoms with Crippen molar-refractivity contribution >= 4 is 0 Å². The quantitative estimate of drug-likeness (QED) is 0.477. The predicted molar refractivity (Wildman–Crippen MR) is 39.4 cm³/mol. The van der Waals surface area contributed by atoms with E-state index in [4.69, 9.17) is 0 Å². The van der Waals surface area contributed by atoms with E-state index in [0.29, 0.717) is 0 Å². The summed E-state index contributed by atoms with van der Waals surface area (Å²) in [4.78, 5) is 0. The Bertz CT molecular complexity index is 154. The molecule has 0 aromatic rings. The van der Waals surface area contributed by atoms with Gasteiger partial charge in [0.2, 0.25) is 0 Å². The highest BCUT2D eigenvalue weighted by atomic mass is 14.7. The van der Waals surface area contributed by atoms with Crippen molar-refractivity contribution in [1.82, 2.24) is 0 Å². The van der Waals surface area contributed by atoms with Crippen LogP contribution in [0.5, 0.6) is 0 Å². The average Bonchev–Trinajstić information content (AvgIpc) is 1.82. The lowest BCUT2D eigenvalue weighted by Gasteiger charge is -2.77. The van der Waals surface area contributed by atoms with Crippen molar-refractivity contribution < 1.29 is 0 Å². The maximum Gasteiger partial charge on any atom is -0.0318 e. The van der Waals surface area contributed by atoms with Crippen LogP contribution < -0.4 is 0 Å². The topological polar surface area (TPSA) is 0 Å². The van der Waals surface area contributed by atoms with Gasteiger partial charge < -0.3 is 0 Å². The molecule has 0 saturated heterocycles. The maximum absolute atomic E-state index is 1.61. The highest BCUT2D eigenvalue weighted by Crippen LogP contribution is 2.76. The van der Waals surface area contributed by atoms with Crippen molar-refractivity contribution in [3.63, 3.8) is 0 Å². The minimum absolute atomic E-state index is 1.26. The van der Waals surface area contributed by atoms with Crippen LogP contribution in [0.4, 0.5) is 0 Å². The summed E-state index contributed by atoms with van der Waals surface area (Å²) in [5, 5.41) is 0. The largest absolute Gasteiger partial charge is 0.0496 e. The van der Waals surface area contributed by atoms with Gasteiger partial charge in [0.05, 0.1) is 0 Å². The fourth-order valence-electron chi connectivity index (χ4n) is 4.50. The molecule has 0 heterocycles. The molecular weight excluding hydrogens is 120 g/mol. The van der Waals surface area contributed by atoms with Crippen LogP contribution in [0, 0.1) is 35.5 Å². The maximum atomic E-state index is 1.61. The van der Waals surface area contributed by atoms with Crippen LogP contribution in [0.25, 0.3) is 0 Å². The van der Waals surface area contributed by atoms with E-state index in [9.17, 15) is 0 Å². The van der Waals surface area contributed by atoms with E-state index in [1.165, 1.54) is 35.5 Å². The highest BCUT2D eigenvalue weighted by molar-refractivity contribution is 5.18. The fraction of sp³-hybridized carbons (Fsp3) is 1.00. The molecule has 54 valence electrons. The van der Waals surface area contributed by atoms with Crippen LogP contribution in [0.1, 0.15) is 25.7 Å². The molecule has 4 unspecified atom stereocenters. The molecule has 4 saturated carbocycles. The van der Waals surface area contributed by atoms with Crippen molar-refractivity contribution in [3.8, 4) is 0 Å². The van der Waals surface area contributed by atoms with Gasteiger partial charge in [0.15, 0.2) is 0 Å². The molecule has 4 atom stereocenters. The fourth-order valence-corrected chi connectivity index (χ4v) is 4.50. The van der Waals surface area contributed by atoms with Crippen LogP contribution in [-0.4, -0.2) is 0 Å². The minimum atomic E-state index is 1.26. The SMILES string of the molecule is C1CC2C1C1C3CCC3C21. The van der Waals surface area contributed by atoms with Gasteiger partial charge in [-0.15, -0.1) is 0 Å². The van der Waals surface area contributed by atoms with E-state index in [-0.39, 0.29) is 0 Å². The number of hydrogen-bond donors (Lipinski definition) is 0. The molecule has 4 aliphatic rings. The summed E-state index contributed by atoms with van der Waals surface area (Å²) in [6.07, 6.45) is 6.42. The smallest absolute Gasteiger partial charge is 0.0318 e. The molecule has 4 aliphatic carbocycles. The Morgan fingerprint density at radius 3 is 1.00 bits per heavy atom. The molecule has 0 radical (unpaired) electrons. The first-order valence-corrected chi connectivity index (χ1v) is 4.97. The Hall–Kier alpha value is 0. The molecule has 0 spiro atoms. The summed E-state index contributed by atoms with van der Waals surface area (Å²) in [6.45, 7) is 0. The first-order chi connectivity index (χ1) is 4.97. The summed E-state index contributed by atoms with van der Waals surface area (Å²) in [5.41, 5.74) is 0. The molecule has 4 rings (SSSR count). The summed E-state index contributed by atoms with van der Waals surface area (Å²) in [6, 6.07) is 0. The lowest BCUT2D eigenvalue weighted by atomic mass is 9.28. The highest BCUT2D eigenvalue weighted by Gasteiger charge is 2.70. The van der Waals surface area contributed by atoms with Crippen molar-refractivity contribution in [2.75, 3.05) is 0 Å². The third kappa shape index (κ3) is 0.271. The molecule has 0 heteroatoms. The number of rotatable bonds is 0. The molecule has 0 N–H and O–H groups in total. The first kappa shape index (κ1) is 4.79. The molecule has 0 nitrogen and oxygen atoms in total. The second-order valence-electron chi connectivity index (χ2n) is 4.96. The van der Waals surface area contributed by atoms with E-state index in [2.05, 4.69) is 0 Å². The normalized spacial score (nSPS) is 74.4. The summed E-state index contributed by atoms with van der Waals surface area (Å²) in [7, 11) is 0. The van der Waals surface area contributed by atoms with Gasteiger partial charge in [-0.1, -0.05) is 0 Å². The Morgan fingerprint density at radius 2 is 0.800 bits per heavy atom. The molecule has 0 bridgehead atoms. The second-order valence-corrected chi connectivity index (χ2v) is 4.96. The van der Waals surface area contributed by atoms with Gasteiger partial charge >= 0.3 is 0 Å². The van der Waals surface area contributed by atoms with E-state index < -0.39 is 0 Å². The average molecular weight is 134 g/mol. The van der Waals surface area contributed by atoms with Gasteiger partial charge in [-0.25, -0.2) is 0 Å². The lowest BCUT2D eigenvalue weighted by molar-refractivity contribution is -0.286. The summed E-state index contributed by atoms with van der Waals surface area (Å²) < 4.78 is 0. The van der Waals surface area contributed by atoms with Crippen molar-refractivity contribution in [2.45, 2.75) is 25.7 Å². The lowest BCUT2D eigenvalue weighted by Crippen LogP contribution is -2.71. The summed E-state index contributed by atoms with van der Waals surface area (Å²) in [5.74, 6) is 7.58. The third-order valence-electron chi connectivity index (χ3n) is 5.19. The van der Waals surface area contributed by atoms with Crippen LogP contribution >= 0.6 is 0 Å². The molecular formula is C10H14. The van der Waals surface area contributed by atoms with Gasteiger partial charge in [0.1, 0.15) is 0 Å². The molecule has 4 fully saturated rings. The second kappa shape index (κ2) is 1.19. The predicted octanol–water partition coefficient (Wildman–Crippen LogP) is 2.30. The zero-order valence-electron chi connectivity index (χ0n) is 6.29. The van der Waals surface area contributed by atoms with Crippen molar-refractivity contribution in [3.05, 3.63) is 0 Å². The van der Waals surface area contributed by atoms with Crippen molar-refractivity contribution in [2.24, 2.45) is 35.5 Å². The summed E-state index contributed by atoms with van der Waals surface area (Å²) >= 11 is 0. The minimum Gasteiger partial charge on any atom is -0.0496 e. The van der Waals surface area contributed by atoms with Gasteiger partial charge in [-0.2, -0.15) is 0 Å². The Morgan fingerprint density at radius 1 is 0.500 bits per heavy atom. The third-order valence-corrected chi connectivity index (χ3v) is 5.19. The zero-order chi connectivity index (χ0) is 6.29. The molecule has 0 aromatic heterocycles. The van der Waals surface area contributed by atoms with Crippen LogP contribution in [-0.2, 0) is 0 Å². The van der Waals surface area contributed by atoms with E-state index in [0.717, 1.165) is 0 Å². The van der Waals surface area contributed by atoms with Gasteiger partial charge in [-0.3, -0.25) is 0 Å². The Kier molecular flexibility index (Phi) is 0.570. The van der Waals surface area contributed by atoms with Gasteiger partial charge in [0.25, 0.3) is 0 Å². The van der Waals surface area contributed by atoms with E-state index in [1.807, 2.05) is 0 Å². The first-order valence-electron chi connectivity index (χ1n) is 4.97. The Labute approximate surface area is 62.0 Å². The number of hydrogen-bond acceptors (Lipinski definition) is 0. The molecule has 0 aromatic carbocycles. The van der Waals surface area contributed by atoms with E-state index >= 15 is 0 Å². The van der Waals surface area contributed by atoms with E-state index in [1.54, 1.807) is 25.7 Å². The van der Waals surface area contributed by atoms with Crippen molar-refractivity contribution in [1.29, 1.82) is 0 Å². The van der Waals surface area contributed by atoms with Gasteiger partial charge in [0, 0.05) is 0 Å². The molecule has 10 heavy (non-hydrogen) atoms. The van der Waals surface area contributed by atoms with Crippen LogP contribution in [0.2, 0.25) is 0 Å². The van der Waals surface area contributed by atoms with Gasteiger partial charge in [-0.05, 0) is 61.2 Å². The standard InChI is InChI=1S/C10H14/c1-2-6-5(1)9-7-3-4-8(7)10(6)9/h5-10H,1-4H2. The van der Waals surface area contributed by atoms with Crippen LogP contribution in [0.15, 0.2) is 0 Å². The zero-order valence-corrected chi connectivity index (χ0v) is 6.29. The monoisotopic (exact) mass is 134 g/mol. The Balaban J connectivity index is 1.69.